The van der Waals surface area contributed by atoms with E-state index in [1.165, 1.54) is 16.7 Å². The third-order valence-corrected chi connectivity index (χ3v) is 7.84. The molecule has 4 nitrogen and oxygen atoms in total. The van der Waals surface area contributed by atoms with Crippen LogP contribution in [0.4, 0.5) is 11.4 Å². The van der Waals surface area contributed by atoms with Gasteiger partial charge >= 0.3 is 0 Å². The lowest BCUT2D eigenvalue weighted by atomic mass is 9.64. The van der Waals surface area contributed by atoms with Gasteiger partial charge in [-0.15, -0.1) is 13.2 Å². The summed E-state index contributed by atoms with van der Waals surface area (Å²) in [6, 6.07) is 10.6. The predicted molar refractivity (Wildman–Crippen MR) is 145 cm³/mol. The van der Waals surface area contributed by atoms with Gasteiger partial charge in [0.2, 0.25) is 0 Å². The molecule has 0 aliphatic heterocycles. The van der Waals surface area contributed by atoms with Crippen molar-refractivity contribution in [3.05, 3.63) is 72.3 Å². The van der Waals surface area contributed by atoms with E-state index in [1.54, 1.807) is 0 Å². The highest BCUT2D eigenvalue weighted by atomic mass is 16.5. The molecule has 2 aromatic rings. The Kier molecular flexibility index (Phi) is 7.70. The van der Waals surface area contributed by atoms with E-state index in [0.717, 1.165) is 30.8 Å². The van der Waals surface area contributed by atoms with Gasteiger partial charge in [-0.1, -0.05) is 52.8 Å². The zero-order valence-corrected chi connectivity index (χ0v) is 21.6. The lowest BCUT2D eigenvalue weighted by molar-refractivity contribution is 0.252. The van der Waals surface area contributed by atoms with E-state index >= 15 is 0 Å². The first-order chi connectivity index (χ1) is 16.1. The van der Waals surface area contributed by atoms with Crippen LogP contribution >= 0.6 is 0 Å². The molecule has 2 unspecified atom stereocenters. The van der Waals surface area contributed by atoms with Crippen LogP contribution < -0.4 is 20.9 Å². The maximum absolute atomic E-state index is 6.51. The van der Waals surface area contributed by atoms with Crippen LogP contribution in [0.3, 0.4) is 0 Å². The molecule has 1 aliphatic rings. The Morgan fingerprint density at radius 1 is 0.853 bits per heavy atom. The van der Waals surface area contributed by atoms with Crippen molar-refractivity contribution in [1.82, 2.24) is 0 Å². The average Bonchev–Trinajstić information content (AvgIpc) is 3.05. The summed E-state index contributed by atoms with van der Waals surface area (Å²) in [5.74, 6) is 2.25. The Labute approximate surface area is 206 Å². The fourth-order valence-electron chi connectivity index (χ4n) is 5.42. The topological polar surface area (TPSA) is 70.5 Å². The lowest BCUT2D eigenvalue weighted by Gasteiger charge is -2.39. The van der Waals surface area contributed by atoms with Crippen LogP contribution in [-0.4, -0.2) is 13.2 Å². The van der Waals surface area contributed by atoms with E-state index in [2.05, 4.69) is 72.0 Å². The Balaban J connectivity index is 2.18. The maximum atomic E-state index is 6.51. The van der Waals surface area contributed by atoms with Crippen molar-refractivity contribution in [2.45, 2.75) is 64.7 Å². The highest BCUT2D eigenvalue weighted by Gasteiger charge is 2.54. The van der Waals surface area contributed by atoms with Gasteiger partial charge in [0.1, 0.15) is 11.5 Å². The molecule has 0 spiro atoms. The lowest BCUT2D eigenvalue weighted by Crippen LogP contribution is -2.35. The first-order valence-corrected chi connectivity index (χ1v) is 12.4. The van der Waals surface area contributed by atoms with Crippen LogP contribution in [0, 0.1) is 11.8 Å². The van der Waals surface area contributed by atoms with Crippen molar-refractivity contribution >= 4 is 11.4 Å². The monoisotopic (exact) mass is 462 g/mol. The Morgan fingerprint density at radius 2 is 1.44 bits per heavy atom. The minimum absolute atomic E-state index is 0.0265. The summed E-state index contributed by atoms with van der Waals surface area (Å²) in [6.07, 6.45) is 6.25. The van der Waals surface area contributed by atoms with Crippen LogP contribution in [0.5, 0.6) is 11.5 Å². The summed E-state index contributed by atoms with van der Waals surface area (Å²) in [4.78, 5) is 0. The summed E-state index contributed by atoms with van der Waals surface area (Å²) in [5.41, 5.74) is 18.0. The molecule has 0 fully saturated rings. The summed E-state index contributed by atoms with van der Waals surface area (Å²) < 4.78 is 12.0. The van der Waals surface area contributed by atoms with Crippen LogP contribution in [0.1, 0.15) is 70.6 Å². The second kappa shape index (κ2) is 10.2. The number of nitrogens with two attached hydrogens (primary N) is 2. The van der Waals surface area contributed by atoms with Crippen molar-refractivity contribution in [2.24, 2.45) is 11.8 Å². The van der Waals surface area contributed by atoms with E-state index in [4.69, 9.17) is 20.9 Å². The molecule has 4 heteroatoms. The van der Waals surface area contributed by atoms with Crippen molar-refractivity contribution in [2.75, 3.05) is 24.7 Å². The van der Waals surface area contributed by atoms with Gasteiger partial charge in [-0.2, -0.15) is 0 Å². The number of anilines is 2. The highest BCUT2D eigenvalue weighted by Crippen LogP contribution is 2.60. The number of hydrogen-bond donors (Lipinski definition) is 2. The standard InChI is InChI=1S/C30H42N2O2/c1-8-10-14-33-27-13-12-22(16-25(27)31)30(21(5)6)19-29(7,20(3)4)23-17-26(32)28(18-24(23)30)34-15-11-9-2/h8-9,12-13,16-18,20-21H,1-2,10-11,14-15,19,31-32H2,3-7H3. The Bertz CT molecular complexity index is 1040. The van der Waals surface area contributed by atoms with Gasteiger partial charge in [0, 0.05) is 5.41 Å². The Morgan fingerprint density at radius 3 is 1.97 bits per heavy atom. The largest absolute Gasteiger partial charge is 0.491 e. The zero-order valence-electron chi connectivity index (χ0n) is 21.6. The normalized spacial score (nSPS) is 21.5. The second-order valence-electron chi connectivity index (χ2n) is 10.4. The molecular formula is C30H42N2O2. The number of ether oxygens (including phenoxy) is 2. The molecule has 3 rings (SSSR count). The van der Waals surface area contributed by atoms with E-state index < -0.39 is 0 Å². The Hall–Kier alpha value is -2.88. The average molecular weight is 463 g/mol. The molecule has 0 saturated heterocycles. The van der Waals surface area contributed by atoms with E-state index in [-0.39, 0.29) is 10.8 Å². The number of benzene rings is 2. The zero-order chi connectivity index (χ0) is 25.1. The van der Waals surface area contributed by atoms with Gasteiger partial charge in [-0.3, -0.25) is 0 Å². The summed E-state index contributed by atoms with van der Waals surface area (Å²) in [5, 5.41) is 0. The molecule has 0 aromatic heterocycles. The fourth-order valence-corrected chi connectivity index (χ4v) is 5.42. The molecule has 0 heterocycles. The summed E-state index contributed by atoms with van der Waals surface area (Å²) in [6.45, 7) is 20.3. The van der Waals surface area contributed by atoms with Crippen molar-refractivity contribution < 1.29 is 9.47 Å². The van der Waals surface area contributed by atoms with E-state index in [9.17, 15) is 0 Å². The molecule has 2 atom stereocenters. The smallest absolute Gasteiger partial charge is 0.142 e. The van der Waals surface area contributed by atoms with Gasteiger partial charge in [-0.05, 0) is 77.5 Å². The number of hydrogen-bond acceptors (Lipinski definition) is 4. The predicted octanol–water partition coefficient (Wildman–Crippen LogP) is 7.02. The summed E-state index contributed by atoms with van der Waals surface area (Å²) in [7, 11) is 0. The summed E-state index contributed by atoms with van der Waals surface area (Å²) >= 11 is 0. The van der Waals surface area contributed by atoms with Crippen molar-refractivity contribution in [1.29, 1.82) is 0 Å². The van der Waals surface area contributed by atoms with Crippen LogP contribution in [-0.2, 0) is 10.8 Å². The van der Waals surface area contributed by atoms with Gasteiger partial charge in [0.25, 0.3) is 0 Å². The van der Waals surface area contributed by atoms with Gasteiger partial charge in [-0.25, -0.2) is 0 Å². The quantitative estimate of drug-likeness (QED) is 0.214. The minimum Gasteiger partial charge on any atom is -0.491 e. The van der Waals surface area contributed by atoms with Crippen molar-refractivity contribution in [3.8, 4) is 11.5 Å². The third kappa shape index (κ3) is 4.43. The molecule has 0 bridgehead atoms. The maximum Gasteiger partial charge on any atom is 0.142 e. The van der Waals surface area contributed by atoms with E-state index in [0.29, 0.717) is 36.4 Å². The molecule has 4 N–H and O–H groups in total. The molecule has 0 radical (unpaired) electrons. The SMILES string of the molecule is C=CCCOc1ccc(C2(C(C)C)CC(C)(C(C)C)c3cc(N)c(OCCC=C)cc32)cc1N. The van der Waals surface area contributed by atoms with Gasteiger partial charge < -0.3 is 20.9 Å². The third-order valence-electron chi connectivity index (χ3n) is 7.84. The second-order valence-corrected chi connectivity index (χ2v) is 10.4. The van der Waals surface area contributed by atoms with Crippen LogP contribution in [0.2, 0.25) is 0 Å². The molecule has 184 valence electrons. The van der Waals surface area contributed by atoms with E-state index in [1.807, 2.05) is 18.2 Å². The van der Waals surface area contributed by atoms with Gasteiger partial charge in [0.15, 0.2) is 0 Å². The first kappa shape index (κ1) is 25.7. The van der Waals surface area contributed by atoms with Crippen LogP contribution in [0.15, 0.2) is 55.6 Å². The highest BCUT2D eigenvalue weighted by molar-refractivity contribution is 5.66. The molecule has 1 aliphatic carbocycles. The molecule has 0 amide bonds. The first-order valence-electron chi connectivity index (χ1n) is 12.4. The number of nitrogen functional groups attached to an aromatic ring is 2. The molecule has 0 saturated carbocycles. The number of fused-ring (bicyclic) bond motifs is 1. The molecular weight excluding hydrogens is 420 g/mol. The van der Waals surface area contributed by atoms with Crippen molar-refractivity contribution in [3.63, 3.8) is 0 Å². The number of rotatable bonds is 11. The van der Waals surface area contributed by atoms with Gasteiger partial charge in [0.05, 0.1) is 24.6 Å². The molecule has 34 heavy (non-hydrogen) atoms. The van der Waals surface area contributed by atoms with Crippen LogP contribution in [0.25, 0.3) is 0 Å². The molecule has 2 aromatic carbocycles. The minimum atomic E-state index is -0.216. The fraction of sp³-hybridized carbons (Fsp3) is 0.467.